The second-order valence-electron chi connectivity index (χ2n) is 8.40. The molecule has 1 aliphatic heterocycles. The van der Waals surface area contributed by atoms with Gasteiger partial charge in [-0.2, -0.15) is 8.78 Å². The maximum absolute atomic E-state index is 13.0. The number of benzene rings is 2. The standard InChI is InChI=1S/C24H22F2N4O3/c1-24(2,31)22-27-10-15(11-28-22)14-7-8-17-18(9-14)30-19(12-32-13-21(30)29-17)16-5-3-4-6-20(16)33-23(25)26/h3-11,19,23,31H,12-13H2,1-2H3/t19-/m1/s1. The van der Waals surface area contributed by atoms with Crippen molar-refractivity contribution >= 4 is 11.0 Å². The molecule has 4 aromatic rings. The molecule has 170 valence electrons. The van der Waals surface area contributed by atoms with Crippen molar-refractivity contribution in [2.45, 2.75) is 38.7 Å². The average Bonchev–Trinajstić information content (AvgIpc) is 3.17. The lowest BCUT2D eigenvalue weighted by Gasteiger charge is -2.28. The zero-order chi connectivity index (χ0) is 23.2. The molecule has 0 amide bonds. The highest BCUT2D eigenvalue weighted by Gasteiger charge is 2.28. The molecular formula is C24H22F2N4O3. The molecule has 2 aromatic carbocycles. The van der Waals surface area contributed by atoms with Crippen LogP contribution in [0.1, 0.15) is 37.1 Å². The van der Waals surface area contributed by atoms with Gasteiger partial charge >= 0.3 is 6.61 Å². The van der Waals surface area contributed by atoms with E-state index in [2.05, 4.69) is 15.0 Å². The third kappa shape index (κ3) is 4.05. The summed E-state index contributed by atoms with van der Waals surface area (Å²) in [5, 5.41) is 10.1. The van der Waals surface area contributed by atoms with E-state index in [4.69, 9.17) is 9.47 Å². The van der Waals surface area contributed by atoms with Gasteiger partial charge in [0.25, 0.3) is 0 Å². The molecule has 0 aliphatic carbocycles. The van der Waals surface area contributed by atoms with Gasteiger partial charge in [0.2, 0.25) is 0 Å². The molecule has 0 saturated carbocycles. The summed E-state index contributed by atoms with van der Waals surface area (Å²) >= 11 is 0. The maximum atomic E-state index is 13.0. The Morgan fingerprint density at radius 2 is 1.88 bits per heavy atom. The number of aliphatic hydroxyl groups is 1. The van der Waals surface area contributed by atoms with Crippen molar-refractivity contribution in [3.8, 4) is 16.9 Å². The van der Waals surface area contributed by atoms with E-state index in [1.807, 2.05) is 22.8 Å². The van der Waals surface area contributed by atoms with Gasteiger partial charge < -0.3 is 19.1 Å². The first-order chi connectivity index (χ1) is 15.8. The van der Waals surface area contributed by atoms with E-state index in [0.29, 0.717) is 30.4 Å². The maximum Gasteiger partial charge on any atom is 0.387 e. The van der Waals surface area contributed by atoms with E-state index in [-0.39, 0.29) is 11.8 Å². The molecule has 1 atom stereocenters. The first-order valence-corrected chi connectivity index (χ1v) is 10.5. The van der Waals surface area contributed by atoms with Crippen molar-refractivity contribution in [3.63, 3.8) is 0 Å². The molecule has 33 heavy (non-hydrogen) atoms. The van der Waals surface area contributed by atoms with Crippen LogP contribution in [0.4, 0.5) is 8.78 Å². The first-order valence-electron chi connectivity index (χ1n) is 10.5. The van der Waals surface area contributed by atoms with Crippen molar-refractivity contribution in [1.82, 2.24) is 19.5 Å². The largest absolute Gasteiger partial charge is 0.434 e. The Bertz CT molecular complexity index is 1300. The quantitative estimate of drug-likeness (QED) is 0.482. The van der Waals surface area contributed by atoms with Gasteiger partial charge in [0.15, 0.2) is 5.82 Å². The molecule has 0 spiro atoms. The van der Waals surface area contributed by atoms with Crippen molar-refractivity contribution < 1.29 is 23.4 Å². The lowest BCUT2D eigenvalue weighted by Crippen LogP contribution is -2.25. The van der Waals surface area contributed by atoms with Crippen molar-refractivity contribution in [2.24, 2.45) is 0 Å². The fourth-order valence-electron chi connectivity index (χ4n) is 4.09. The van der Waals surface area contributed by atoms with Gasteiger partial charge in [-0.1, -0.05) is 24.3 Å². The number of fused-ring (bicyclic) bond motifs is 3. The summed E-state index contributed by atoms with van der Waals surface area (Å²) < 4.78 is 38.5. The molecule has 9 heteroatoms. The summed E-state index contributed by atoms with van der Waals surface area (Å²) in [6.45, 7) is 0.958. The Hall–Kier alpha value is -3.43. The van der Waals surface area contributed by atoms with E-state index >= 15 is 0 Å². The van der Waals surface area contributed by atoms with Gasteiger partial charge in [-0.05, 0) is 37.6 Å². The van der Waals surface area contributed by atoms with Gasteiger partial charge in [-0.15, -0.1) is 0 Å². The number of halogens is 2. The first kappa shape index (κ1) is 21.4. The lowest BCUT2D eigenvalue weighted by molar-refractivity contribution is -0.0512. The summed E-state index contributed by atoms with van der Waals surface area (Å²) in [4.78, 5) is 13.3. The van der Waals surface area contributed by atoms with Crippen LogP contribution in [0.2, 0.25) is 0 Å². The highest BCUT2D eigenvalue weighted by Crippen LogP contribution is 2.36. The number of hydrogen-bond donors (Lipinski definition) is 1. The van der Waals surface area contributed by atoms with Crippen LogP contribution in [0.25, 0.3) is 22.2 Å². The van der Waals surface area contributed by atoms with Crippen LogP contribution >= 0.6 is 0 Å². The number of nitrogens with zero attached hydrogens (tertiary/aromatic N) is 4. The van der Waals surface area contributed by atoms with Gasteiger partial charge in [0.05, 0.1) is 23.7 Å². The number of hydrogen-bond acceptors (Lipinski definition) is 6. The molecule has 1 N–H and O–H groups in total. The molecule has 1 aliphatic rings. The fraction of sp³-hybridized carbons (Fsp3) is 0.292. The Kier molecular flexibility index (Phi) is 5.30. The summed E-state index contributed by atoms with van der Waals surface area (Å²) in [5.41, 5.74) is 2.73. The Balaban J connectivity index is 1.60. The minimum Gasteiger partial charge on any atom is -0.434 e. The van der Waals surface area contributed by atoms with Crippen LogP contribution in [-0.4, -0.2) is 37.8 Å². The average molecular weight is 452 g/mol. The summed E-state index contributed by atoms with van der Waals surface area (Å²) in [6.07, 6.45) is 3.34. The normalized spacial score (nSPS) is 16.2. The summed E-state index contributed by atoms with van der Waals surface area (Å²) in [6, 6.07) is 12.2. The number of imidazole rings is 1. The SMILES string of the molecule is CC(C)(O)c1ncc(-c2ccc3nc4n(c3c2)[C@@H](c2ccccc2OC(F)F)COC4)cn1. The number of rotatable bonds is 5. The summed E-state index contributed by atoms with van der Waals surface area (Å²) in [7, 11) is 0. The molecule has 0 radical (unpaired) electrons. The third-order valence-electron chi connectivity index (χ3n) is 5.61. The molecule has 5 rings (SSSR count). The van der Waals surface area contributed by atoms with Crippen LogP contribution in [0.5, 0.6) is 5.75 Å². The van der Waals surface area contributed by atoms with Gasteiger partial charge in [0.1, 0.15) is 23.8 Å². The minimum atomic E-state index is -2.92. The number of alkyl halides is 2. The van der Waals surface area contributed by atoms with E-state index in [1.165, 1.54) is 6.07 Å². The van der Waals surface area contributed by atoms with Crippen LogP contribution in [0.3, 0.4) is 0 Å². The van der Waals surface area contributed by atoms with Crippen LogP contribution in [0.15, 0.2) is 54.9 Å². The zero-order valence-corrected chi connectivity index (χ0v) is 18.1. The number of ether oxygens (including phenoxy) is 2. The molecule has 7 nitrogen and oxygen atoms in total. The molecule has 0 fully saturated rings. The van der Waals surface area contributed by atoms with Crippen molar-refractivity contribution in [3.05, 3.63) is 72.1 Å². The molecule has 0 saturated heterocycles. The van der Waals surface area contributed by atoms with Gasteiger partial charge in [0, 0.05) is 23.5 Å². The van der Waals surface area contributed by atoms with Crippen molar-refractivity contribution in [2.75, 3.05) is 6.61 Å². The monoisotopic (exact) mass is 452 g/mol. The molecular weight excluding hydrogens is 430 g/mol. The van der Waals surface area contributed by atoms with E-state index in [0.717, 1.165) is 22.2 Å². The van der Waals surface area contributed by atoms with Crippen LogP contribution < -0.4 is 4.74 Å². The highest BCUT2D eigenvalue weighted by molar-refractivity contribution is 5.83. The van der Waals surface area contributed by atoms with Crippen LogP contribution in [-0.2, 0) is 16.9 Å². The molecule has 0 bridgehead atoms. The van der Waals surface area contributed by atoms with E-state index in [1.54, 1.807) is 44.4 Å². The summed E-state index contributed by atoms with van der Waals surface area (Å²) in [5.74, 6) is 1.16. The van der Waals surface area contributed by atoms with Gasteiger partial charge in [-0.3, -0.25) is 0 Å². The lowest BCUT2D eigenvalue weighted by atomic mass is 10.0. The van der Waals surface area contributed by atoms with E-state index in [9.17, 15) is 13.9 Å². The Morgan fingerprint density at radius 1 is 1.12 bits per heavy atom. The topological polar surface area (TPSA) is 82.3 Å². The number of para-hydroxylation sites is 1. The second kappa shape index (κ2) is 8.17. The molecule has 3 heterocycles. The smallest absolute Gasteiger partial charge is 0.387 e. The fourth-order valence-corrected chi connectivity index (χ4v) is 4.09. The van der Waals surface area contributed by atoms with E-state index < -0.39 is 12.2 Å². The zero-order valence-electron chi connectivity index (χ0n) is 18.1. The number of aromatic nitrogens is 4. The Labute approximate surface area is 188 Å². The molecule has 0 unspecified atom stereocenters. The molecule has 2 aromatic heterocycles. The third-order valence-corrected chi connectivity index (χ3v) is 5.61. The predicted octanol–water partition coefficient (Wildman–Crippen LogP) is 4.44. The highest BCUT2D eigenvalue weighted by atomic mass is 19.3. The van der Waals surface area contributed by atoms with Crippen LogP contribution in [0, 0.1) is 0 Å². The second-order valence-corrected chi connectivity index (χ2v) is 8.40. The minimum absolute atomic E-state index is 0.113. The predicted molar refractivity (Wildman–Crippen MR) is 117 cm³/mol. The van der Waals surface area contributed by atoms with Crippen molar-refractivity contribution in [1.29, 1.82) is 0 Å². The van der Waals surface area contributed by atoms with Gasteiger partial charge in [-0.25, -0.2) is 15.0 Å². The Morgan fingerprint density at radius 3 is 2.61 bits per heavy atom.